The molecule has 28 heavy (non-hydrogen) atoms. The molecule has 1 saturated heterocycles. The Morgan fingerprint density at radius 2 is 1.86 bits per heavy atom. The molecule has 2 unspecified atom stereocenters. The Labute approximate surface area is 189 Å². The number of unbranched alkanes of at least 4 members (excludes halogenated alkanes) is 1. The van der Waals surface area contributed by atoms with Crippen LogP contribution in [0.3, 0.4) is 0 Å². The SMILES string of the molecule is CCCCOC1CC(NC(=NC)NC2CCN(CCCOC)CC2)C1(C)C.I. The van der Waals surface area contributed by atoms with Crippen molar-refractivity contribution in [3.63, 3.8) is 0 Å². The van der Waals surface area contributed by atoms with Crippen LogP contribution in [0.5, 0.6) is 0 Å². The molecule has 6 nitrogen and oxygen atoms in total. The van der Waals surface area contributed by atoms with Crippen molar-refractivity contribution >= 4 is 29.9 Å². The second-order valence-corrected chi connectivity index (χ2v) is 8.65. The number of guanidine groups is 1. The van der Waals surface area contributed by atoms with Gasteiger partial charge in [-0.1, -0.05) is 27.2 Å². The maximum absolute atomic E-state index is 6.07. The number of piperidine rings is 1. The maximum Gasteiger partial charge on any atom is 0.191 e. The number of rotatable bonds is 10. The highest BCUT2D eigenvalue weighted by Crippen LogP contribution is 2.42. The van der Waals surface area contributed by atoms with Crippen molar-refractivity contribution in [2.45, 2.75) is 77.5 Å². The van der Waals surface area contributed by atoms with E-state index in [1.807, 2.05) is 7.05 Å². The van der Waals surface area contributed by atoms with Gasteiger partial charge in [0, 0.05) is 64.5 Å². The summed E-state index contributed by atoms with van der Waals surface area (Å²) in [6.07, 6.45) is 7.23. The summed E-state index contributed by atoms with van der Waals surface area (Å²) in [6, 6.07) is 0.930. The molecule has 0 spiro atoms. The standard InChI is InChI=1S/C21H42N4O2.HI/c1-6-7-15-27-19-16-18(21(19,2)3)24-20(22-4)23-17-9-12-25(13-10-17)11-8-14-26-5;/h17-19H,6-16H2,1-5H3,(H2,22,23,24);1H. The molecule has 2 N–H and O–H groups in total. The second-order valence-electron chi connectivity index (χ2n) is 8.65. The van der Waals surface area contributed by atoms with Gasteiger partial charge in [-0.3, -0.25) is 4.99 Å². The summed E-state index contributed by atoms with van der Waals surface area (Å²) in [6.45, 7) is 12.0. The molecule has 0 amide bonds. The molecule has 0 aromatic rings. The molecular weight excluding hydrogens is 467 g/mol. The van der Waals surface area contributed by atoms with E-state index in [9.17, 15) is 0 Å². The molecule has 0 aromatic heterocycles. The summed E-state index contributed by atoms with van der Waals surface area (Å²) in [7, 11) is 3.65. The fourth-order valence-corrected chi connectivity index (χ4v) is 4.05. The van der Waals surface area contributed by atoms with Crippen molar-refractivity contribution in [1.29, 1.82) is 0 Å². The average molecular weight is 511 g/mol. The number of halogens is 1. The zero-order valence-electron chi connectivity index (χ0n) is 18.6. The molecule has 1 saturated carbocycles. The smallest absolute Gasteiger partial charge is 0.191 e. The number of hydrogen-bond acceptors (Lipinski definition) is 4. The molecule has 1 aliphatic carbocycles. The largest absolute Gasteiger partial charge is 0.385 e. The van der Waals surface area contributed by atoms with Crippen molar-refractivity contribution in [1.82, 2.24) is 15.5 Å². The minimum absolute atomic E-state index is 0. The van der Waals surface area contributed by atoms with Crippen LogP contribution < -0.4 is 10.6 Å². The third-order valence-corrected chi connectivity index (χ3v) is 6.28. The lowest BCUT2D eigenvalue weighted by Gasteiger charge is -2.52. The van der Waals surface area contributed by atoms with Gasteiger partial charge in [0.05, 0.1) is 6.10 Å². The minimum Gasteiger partial charge on any atom is -0.385 e. The monoisotopic (exact) mass is 510 g/mol. The second kappa shape index (κ2) is 13.2. The zero-order chi connectivity index (χ0) is 19.7. The van der Waals surface area contributed by atoms with E-state index >= 15 is 0 Å². The lowest BCUT2D eigenvalue weighted by atomic mass is 9.64. The molecule has 0 bridgehead atoms. The minimum atomic E-state index is 0. The van der Waals surface area contributed by atoms with Crippen molar-refractivity contribution in [2.24, 2.45) is 10.4 Å². The predicted octanol–water partition coefficient (Wildman–Crippen LogP) is 3.25. The number of methoxy groups -OCH3 is 1. The van der Waals surface area contributed by atoms with E-state index in [1.54, 1.807) is 7.11 Å². The first-order valence-electron chi connectivity index (χ1n) is 10.8. The molecule has 0 aromatic carbocycles. The van der Waals surface area contributed by atoms with Crippen LogP contribution in [-0.4, -0.2) is 76.1 Å². The highest BCUT2D eigenvalue weighted by molar-refractivity contribution is 14.0. The van der Waals surface area contributed by atoms with Gasteiger partial charge in [0.2, 0.25) is 0 Å². The van der Waals surface area contributed by atoms with Crippen LogP contribution in [-0.2, 0) is 9.47 Å². The van der Waals surface area contributed by atoms with Crippen molar-refractivity contribution in [3.8, 4) is 0 Å². The zero-order valence-corrected chi connectivity index (χ0v) is 21.0. The lowest BCUT2D eigenvalue weighted by molar-refractivity contribution is -0.113. The lowest BCUT2D eigenvalue weighted by Crippen LogP contribution is -2.64. The Bertz CT molecular complexity index is 454. The van der Waals surface area contributed by atoms with Gasteiger partial charge in [-0.2, -0.15) is 0 Å². The van der Waals surface area contributed by atoms with Gasteiger partial charge in [0.15, 0.2) is 5.96 Å². The van der Waals surface area contributed by atoms with Gasteiger partial charge in [-0.05, 0) is 32.1 Å². The molecule has 2 atom stereocenters. The van der Waals surface area contributed by atoms with Gasteiger partial charge in [-0.25, -0.2) is 0 Å². The number of aliphatic imine (C=N–C) groups is 1. The van der Waals surface area contributed by atoms with E-state index in [0.29, 0.717) is 18.2 Å². The van der Waals surface area contributed by atoms with Gasteiger partial charge < -0.3 is 25.0 Å². The van der Waals surface area contributed by atoms with E-state index in [-0.39, 0.29) is 29.4 Å². The summed E-state index contributed by atoms with van der Waals surface area (Å²) >= 11 is 0. The molecule has 2 fully saturated rings. The van der Waals surface area contributed by atoms with E-state index in [2.05, 4.69) is 41.3 Å². The van der Waals surface area contributed by atoms with Gasteiger partial charge in [0.1, 0.15) is 0 Å². The summed E-state index contributed by atoms with van der Waals surface area (Å²) in [5.41, 5.74) is 0.149. The van der Waals surface area contributed by atoms with Gasteiger partial charge in [-0.15, -0.1) is 24.0 Å². The van der Waals surface area contributed by atoms with Crippen LogP contribution in [0, 0.1) is 5.41 Å². The summed E-state index contributed by atoms with van der Waals surface area (Å²) in [5.74, 6) is 0.943. The van der Waals surface area contributed by atoms with Crippen molar-refractivity contribution in [3.05, 3.63) is 0 Å². The number of likely N-dealkylation sites (tertiary alicyclic amines) is 1. The third kappa shape index (κ3) is 7.61. The van der Waals surface area contributed by atoms with Crippen molar-refractivity contribution in [2.75, 3.05) is 47.0 Å². The van der Waals surface area contributed by atoms with E-state index in [4.69, 9.17) is 9.47 Å². The summed E-state index contributed by atoms with van der Waals surface area (Å²) in [4.78, 5) is 7.02. The number of nitrogens with one attached hydrogen (secondary N) is 2. The first kappa shape index (κ1) is 25.9. The summed E-state index contributed by atoms with van der Waals surface area (Å²) < 4.78 is 11.2. The fraction of sp³-hybridized carbons (Fsp3) is 0.952. The molecule has 166 valence electrons. The Balaban J connectivity index is 0.00000392. The third-order valence-electron chi connectivity index (χ3n) is 6.28. The van der Waals surface area contributed by atoms with E-state index in [0.717, 1.165) is 58.1 Å². The molecule has 0 radical (unpaired) electrons. The van der Waals surface area contributed by atoms with Crippen LogP contribution in [0.1, 0.15) is 59.3 Å². The normalized spacial score (nSPS) is 25.7. The molecule has 7 heteroatoms. The highest BCUT2D eigenvalue weighted by atomic mass is 127. The molecule has 1 heterocycles. The molecular formula is C21H43IN4O2. The number of hydrogen-bond donors (Lipinski definition) is 2. The fourth-order valence-electron chi connectivity index (χ4n) is 4.05. The quantitative estimate of drug-likeness (QED) is 0.205. The average Bonchev–Trinajstić information content (AvgIpc) is 2.67. The van der Waals surface area contributed by atoms with Crippen LogP contribution in [0.2, 0.25) is 0 Å². The van der Waals surface area contributed by atoms with Gasteiger partial charge >= 0.3 is 0 Å². The Hall–Kier alpha value is -0.120. The Morgan fingerprint density at radius 1 is 1.14 bits per heavy atom. The van der Waals surface area contributed by atoms with E-state index in [1.165, 1.54) is 19.3 Å². The first-order valence-corrected chi connectivity index (χ1v) is 10.8. The Morgan fingerprint density at radius 3 is 2.43 bits per heavy atom. The number of ether oxygens (including phenoxy) is 2. The first-order chi connectivity index (χ1) is 13.0. The van der Waals surface area contributed by atoms with Crippen LogP contribution in [0.15, 0.2) is 4.99 Å². The summed E-state index contributed by atoms with van der Waals surface area (Å²) in [5, 5.41) is 7.29. The Kier molecular flexibility index (Phi) is 12.3. The molecule has 2 aliphatic rings. The van der Waals surface area contributed by atoms with Crippen LogP contribution in [0.25, 0.3) is 0 Å². The maximum atomic E-state index is 6.07. The number of nitrogens with zero attached hydrogens (tertiary/aromatic N) is 2. The molecule has 1 aliphatic heterocycles. The molecule has 2 rings (SSSR count). The van der Waals surface area contributed by atoms with Gasteiger partial charge in [0.25, 0.3) is 0 Å². The van der Waals surface area contributed by atoms with Crippen LogP contribution >= 0.6 is 24.0 Å². The topological polar surface area (TPSA) is 58.1 Å². The highest BCUT2D eigenvalue weighted by Gasteiger charge is 2.49. The van der Waals surface area contributed by atoms with E-state index < -0.39 is 0 Å². The van der Waals surface area contributed by atoms with Crippen molar-refractivity contribution < 1.29 is 9.47 Å². The predicted molar refractivity (Wildman–Crippen MR) is 128 cm³/mol. The van der Waals surface area contributed by atoms with Crippen LogP contribution in [0.4, 0.5) is 0 Å².